The van der Waals surface area contributed by atoms with Crippen molar-refractivity contribution in [3.8, 4) is 5.75 Å². The quantitative estimate of drug-likeness (QED) is 0.219. The van der Waals surface area contributed by atoms with Crippen LogP contribution in [0.4, 0.5) is 5.69 Å². The molecule has 0 aliphatic carbocycles. The van der Waals surface area contributed by atoms with Gasteiger partial charge < -0.3 is 14.2 Å². The molecule has 9 heteroatoms. The number of hydrogen-bond donors (Lipinski definition) is 0. The topological polar surface area (TPSA) is 50.6 Å². The molecule has 6 nitrogen and oxygen atoms in total. The van der Waals surface area contributed by atoms with Crippen LogP contribution in [0.2, 0.25) is 0 Å². The summed E-state index contributed by atoms with van der Waals surface area (Å²) in [5.41, 5.74) is 3.54. The van der Waals surface area contributed by atoms with Crippen molar-refractivity contribution in [1.82, 2.24) is 14.5 Å². The molecule has 1 saturated heterocycles. The Morgan fingerprint density at radius 3 is 2.36 bits per heavy atom. The van der Waals surface area contributed by atoms with Gasteiger partial charge in [-0.25, -0.2) is 0 Å². The van der Waals surface area contributed by atoms with Gasteiger partial charge in [0.2, 0.25) is 0 Å². The number of ether oxygens (including phenoxy) is 1. The molecule has 0 N–H and O–H groups in total. The first kappa shape index (κ1) is 32.4. The third-order valence-corrected chi connectivity index (χ3v) is 7.19. The highest BCUT2D eigenvalue weighted by Crippen LogP contribution is 2.24. The van der Waals surface area contributed by atoms with Crippen LogP contribution in [0.1, 0.15) is 24.8 Å². The Kier molecular flexibility index (Phi) is 13.1. The number of nitrogens with zero attached hydrogens (tertiary/aromatic N) is 4. The molecule has 0 radical (unpaired) electrons. The van der Waals surface area contributed by atoms with E-state index < -0.39 is 0 Å². The Hall–Kier alpha value is -2.77. The third kappa shape index (κ3) is 8.36. The number of aryl methyl sites for hydroxylation is 1. The number of halogens is 3. The van der Waals surface area contributed by atoms with E-state index in [4.69, 9.17) is 4.74 Å². The maximum atomic E-state index is 11.9. The lowest BCUT2D eigenvalue weighted by Crippen LogP contribution is -2.45. The van der Waals surface area contributed by atoms with Gasteiger partial charge in [0.15, 0.2) is 0 Å². The molecule has 0 atom stereocenters. The lowest BCUT2D eigenvalue weighted by atomic mass is 10.0. The first-order valence-electron chi connectivity index (χ1n) is 12.8. The van der Waals surface area contributed by atoms with E-state index in [9.17, 15) is 4.79 Å². The fraction of sp³-hybridized carbons (Fsp3) is 0.333. The van der Waals surface area contributed by atoms with Crippen LogP contribution >= 0.6 is 37.2 Å². The fourth-order valence-electron chi connectivity index (χ4n) is 5.15. The summed E-state index contributed by atoms with van der Waals surface area (Å²) in [5, 5.41) is 1.01. The second-order valence-corrected chi connectivity index (χ2v) is 9.53. The molecule has 0 bridgehead atoms. The highest BCUT2D eigenvalue weighted by Gasteiger charge is 2.24. The van der Waals surface area contributed by atoms with Gasteiger partial charge in [-0.05, 0) is 73.4 Å². The van der Waals surface area contributed by atoms with E-state index in [0.29, 0.717) is 12.6 Å². The summed E-state index contributed by atoms with van der Waals surface area (Å²) < 4.78 is 7.78. The maximum Gasteiger partial charge on any atom is 0.250 e. The molecular weight excluding hydrogens is 555 g/mol. The summed E-state index contributed by atoms with van der Waals surface area (Å²) in [6.07, 6.45) is 7.03. The number of para-hydroxylation sites is 1. The van der Waals surface area contributed by atoms with E-state index in [1.807, 2.05) is 36.7 Å². The minimum atomic E-state index is 0. The highest BCUT2D eigenvalue weighted by molar-refractivity contribution is 5.86. The van der Waals surface area contributed by atoms with Crippen molar-refractivity contribution in [2.24, 2.45) is 7.05 Å². The summed E-state index contributed by atoms with van der Waals surface area (Å²) in [7, 11) is 1.80. The number of piperidine rings is 1. The van der Waals surface area contributed by atoms with Gasteiger partial charge in [-0.3, -0.25) is 14.7 Å². The Labute approximate surface area is 249 Å². The average molecular weight is 592 g/mol. The normalized spacial score (nSPS) is 13.3. The molecule has 5 rings (SSSR count). The third-order valence-electron chi connectivity index (χ3n) is 7.19. The Morgan fingerprint density at radius 2 is 1.64 bits per heavy atom. The van der Waals surface area contributed by atoms with E-state index in [-0.39, 0.29) is 42.8 Å². The Balaban J connectivity index is 0.00000178. The van der Waals surface area contributed by atoms with Crippen LogP contribution in [0.3, 0.4) is 0 Å². The van der Waals surface area contributed by atoms with Crippen molar-refractivity contribution in [3.63, 3.8) is 0 Å². The molecule has 210 valence electrons. The first-order valence-corrected chi connectivity index (χ1v) is 12.8. The van der Waals surface area contributed by atoms with Gasteiger partial charge in [-0.1, -0.05) is 18.2 Å². The summed E-state index contributed by atoms with van der Waals surface area (Å²) in [4.78, 5) is 21.2. The second-order valence-electron chi connectivity index (χ2n) is 9.53. The highest BCUT2D eigenvalue weighted by atomic mass is 35.5. The van der Waals surface area contributed by atoms with Crippen molar-refractivity contribution in [2.45, 2.75) is 31.8 Å². The summed E-state index contributed by atoms with van der Waals surface area (Å²) in [6.45, 7) is 4.74. The van der Waals surface area contributed by atoms with Gasteiger partial charge in [0.05, 0.1) is 12.1 Å². The molecule has 0 spiro atoms. The predicted molar refractivity (Wildman–Crippen MR) is 167 cm³/mol. The molecule has 2 aromatic carbocycles. The van der Waals surface area contributed by atoms with Crippen LogP contribution in [0.5, 0.6) is 5.75 Å². The zero-order chi connectivity index (χ0) is 24.7. The van der Waals surface area contributed by atoms with Crippen molar-refractivity contribution in [1.29, 1.82) is 0 Å². The SMILES string of the molecule is Cl.Cl.Cl.Cn1c(=O)ccc2cc(OCCCN(Cc3ccncc3)C3CCN(c4ccccc4)CC3)ccc21. The molecule has 1 fully saturated rings. The number of hydrogen-bond acceptors (Lipinski definition) is 5. The Morgan fingerprint density at radius 1 is 0.923 bits per heavy atom. The van der Waals surface area contributed by atoms with E-state index in [1.165, 1.54) is 11.3 Å². The van der Waals surface area contributed by atoms with Crippen LogP contribution in [0, 0.1) is 0 Å². The van der Waals surface area contributed by atoms with Crippen LogP contribution in [0.15, 0.2) is 90.0 Å². The minimum Gasteiger partial charge on any atom is -0.494 e. The summed E-state index contributed by atoms with van der Waals surface area (Å²) >= 11 is 0. The fourth-order valence-corrected chi connectivity index (χ4v) is 5.15. The number of pyridine rings is 2. The number of anilines is 1. The lowest BCUT2D eigenvalue weighted by Gasteiger charge is -2.39. The molecule has 1 aliphatic heterocycles. The monoisotopic (exact) mass is 590 g/mol. The smallest absolute Gasteiger partial charge is 0.250 e. The molecule has 3 heterocycles. The van der Waals surface area contributed by atoms with Crippen molar-refractivity contribution >= 4 is 53.8 Å². The number of fused-ring (bicyclic) bond motifs is 1. The predicted octanol–water partition coefficient (Wildman–Crippen LogP) is 6.14. The van der Waals surface area contributed by atoms with E-state index >= 15 is 0 Å². The van der Waals surface area contributed by atoms with Gasteiger partial charge >= 0.3 is 0 Å². The van der Waals surface area contributed by atoms with E-state index in [2.05, 4.69) is 57.2 Å². The van der Waals surface area contributed by atoms with Crippen molar-refractivity contribution in [3.05, 3.63) is 101 Å². The molecule has 1 aliphatic rings. The second kappa shape index (κ2) is 15.7. The molecule has 0 amide bonds. The molecule has 39 heavy (non-hydrogen) atoms. The number of benzene rings is 2. The lowest BCUT2D eigenvalue weighted by molar-refractivity contribution is 0.148. The minimum absolute atomic E-state index is 0. The molecule has 4 aromatic rings. The van der Waals surface area contributed by atoms with Crippen molar-refractivity contribution in [2.75, 3.05) is 31.1 Å². The maximum absolute atomic E-state index is 11.9. The molecule has 0 saturated carbocycles. The van der Waals surface area contributed by atoms with Gasteiger partial charge in [0.1, 0.15) is 5.75 Å². The summed E-state index contributed by atoms with van der Waals surface area (Å²) in [5.74, 6) is 0.845. The van der Waals surface area contributed by atoms with Crippen LogP contribution in [0.25, 0.3) is 10.9 Å². The number of rotatable bonds is 9. The first-order chi connectivity index (χ1) is 17.7. The molecule has 2 aromatic heterocycles. The van der Waals surface area contributed by atoms with Gasteiger partial charge in [0.25, 0.3) is 5.56 Å². The standard InChI is InChI=1S/C30H34N4O2.3ClH/c1-32-29-10-9-28(22-25(29)8-11-30(32)35)36-21-5-18-34(23-24-12-16-31-17-13-24)27-14-19-33(20-15-27)26-6-3-2-4-7-26;;;/h2-4,6-13,16-17,22,27H,5,14-15,18-21,23H2,1H3;3*1H. The van der Waals surface area contributed by atoms with Crippen LogP contribution < -0.4 is 15.2 Å². The van der Waals surface area contributed by atoms with E-state index in [0.717, 1.165) is 62.1 Å². The Bertz CT molecular complexity index is 1330. The van der Waals surface area contributed by atoms with Gasteiger partial charge in [-0.2, -0.15) is 0 Å². The zero-order valence-electron chi connectivity index (χ0n) is 22.1. The number of aromatic nitrogens is 2. The summed E-state index contributed by atoms with van der Waals surface area (Å²) in [6, 6.07) is 24.9. The van der Waals surface area contributed by atoms with Gasteiger partial charge in [-0.15, -0.1) is 37.2 Å². The largest absolute Gasteiger partial charge is 0.494 e. The molecular formula is C30H37Cl3N4O2. The molecule has 0 unspecified atom stereocenters. The average Bonchev–Trinajstić information content (AvgIpc) is 2.93. The van der Waals surface area contributed by atoms with E-state index in [1.54, 1.807) is 17.7 Å². The van der Waals surface area contributed by atoms with Crippen molar-refractivity contribution < 1.29 is 4.74 Å². The van der Waals surface area contributed by atoms with Crippen LogP contribution in [-0.4, -0.2) is 46.7 Å². The van der Waals surface area contributed by atoms with Gasteiger partial charge in [0, 0.05) is 68.8 Å². The van der Waals surface area contributed by atoms with Crippen LogP contribution in [-0.2, 0) is 13.6 Å². The zero-order valence-corrected chi connectivity index (χ0v) is 24.6.